The number of nitrogens with one attached hydrogen (secondary N) is 2. The number of thiazole rings is 1. The number of rotatable bonds is 14. The lowest BCUT2D eigenvalue weighted by Crippen LogP contribution is -2.57. The molecule has 1 aliphatic rings. The summed E-state index contributed by atoms with van der Waals surface area (Å²) in [7, 11) is 0. The zero-order chi connectivity index (χ0) is 40.7. The Kier molecular flexibility index (Phi) is 13.0. The number of hydrogen-bond acceptors (Lipinski definition) is 10. The number of unbranched alkanes of at least 4 members (excludes halogenated alkanes) is 1. The fourth-order valence-electron chi connectivity index (χ4n) is 6.92. The maximum Gasteiger partial charge on any atom is 0.246 e. The molecule has 1 unspecified atom stereocenters. The van der Waals surface area contributed by atoms with Gasteiger partial charge in [-0.05, 0) is 79.1 Å². The lowest BCUT2D eigenvalue weighted by atomic mass is 9.85. The summed E-state index contributed by atoms with van der Waals surface area (Å²) in [6.07, 6.45) is 2.28. The Balaban J connectivity index is 0.979. The lowest BCUT2D eigenvalue weighted by molar-refractivity contribution is -0.144. The Morgan fingerprint density at radius 2 is 1.68 bits per heavy atom. The van der Waals surface area contributed by atoms with E-state index in [4.69, 9.17) is 4.74 Å². The fraction of sp³-hybridized carbons (Fsp3) is 0.364. The molecule has 1 aliphatic heterocycles. The number of amides is 3. The summed E-state index contributed by atoms with van der Waals surface area (Å²) in [5.74, 6) is -0.194. The van der Waals surface area contributed by atoms with E-state index in [9.17, 15) is 24.6 Å². The number of phenolic OH excluding ortho intramolecular Hbond substituents is 1. The number of aryl methyl sites for hydroxylation is 1. The Morgan fingerprint density at radius 1 is 0.965 bits per heavy atom. The van der Waals surface area contributed by atoms with E-state index < -0.39 is 29.5 Å². The smallest absolute Gasteiger partial charge is 0.246 e. The molecule has 0 aliphatic carbocycles. The van der Waals surface area contributed by atoms with Crippen LogP contribution in [0.25, 0.3) is 32.8 Å². The first-order valence-electron chi connectivity index (χ1n) is 19.2. The number of para-hydroxylation sites is 1. The van der Waals surface area contributed by atoms with Crippen molar-refractivity contribution in [2.75, 3.05) is 13.2 Å². The molecule has 3 amide bonds. The number of aliphatic hydroxyl groups excluding tert-OH is 1. The van der Waals surface area contributed by atoms with Crippen molar-refractivity contribution in [3.8, 4) is 44.3 Å². The van der Waals surface area contributed by atoms with Gasteiger partial charge in [0, 0.05) is 30.5 Å². The molecule has 12 nitrogen and oxygen atoms in total. The molecule has 0 radical (unpaired) electrons. The second kappa shape index (κ2) is 18.1. The van der Waals surface area contributed by atoms with E-state index in [1.807, 2.05) is 101 Å². The maximum atomic E-state index is 14.0. The average Bonchev–Trinajstić information content (AvgIpc) is 3.81. The zero-order valence-corrected chi connectivity index (χ0v) is 33.8. The molecule has 3 aromatic carbocycles. The predicted molar refractivity (Wildman–Crippen MR) is 220 cm³/mol. The monoisotopic (exact) mass is 790 g/mol. The van der Waals surface area contributed by atoms with Crippen molar-refractivity contribution >= 4 is 29.1 Å². The first-order valence-corrected chi connectivity index (χ1v) is 20.1. The quantitative estimate of drug-likeness (QED) is 0.0879. The molecular formula is C44H50N6O6S. The second-order valence-corrected chi connectivity index (χ2v) is 16.4. The van der Waals surface area contributed by atoms with Crippen LogP contribution in [0.4, 0.5) is 0 Å². The average molecular weight is 791 g/mol. The van der Waals surface area contributed by atoms with Gasteiger partial charge in [0.2, 0.25) is 17.7 Å². The summed E-state index contributed by atoms with van der Waals surface area (Å²) < 4.78 is 5.94. The fourth-order valence-corrected chi connectivity index (χ4v) is 7.73. The van der Waals surface area contributed by atoms with Crippen molar-refractivity contribution in [3.05, 3.63) is 102 Å². The van der Waals surface area contributed by atoms with Crippen LogP contribution in [0.1, 0.15) is 70.7 Å². The Morgan fingerprint density at radius 3 is 2.37 bits per heavy atom. The summed E-state index contributed by atoms with van der Waals surface area (Å²) in [6, 6.07) is 22.3. The van der Waals surface area contributed by atoms with Gasteiger partial charge in [0.1, 0.15) is 23.6 Å². The van der Waals surface area contributed by atoms with E-state index in [2.05, 4.69) is 25.8 Å². The van der Waals surface area contributed by atoms with Gasteiger partial charge in [-0.25, -0.2) is 4.98 Å². The summed E-state index contributed by atoms with van der Waals surface area (Å²) in [5, 5.41) is 35.1. The molecule has 4 atom stereocenters. The summed E-state index contributed by atoms with van der Waals surface area (Å²) in [6.45, 7) is 9.88. The number of carbonyl (C=O) groups is 3. The molecule has 4 N–H and O–H groups in total. The van der Waals surface area contributed by atoms with Crippen molar-refractivity contribution < 1.29 is 29.3 Å². The molecule has 2 aromatic heterocycles. The van der Waals surface area contributed by atoms with Crippen LogP contribution in [-0.2, 0) is 14.4 Å². The van der Waals surface area contributed by atoms with Crippen LogP contribution in [-0.4, -0.2) is 79.4 Å². The molecule has 13 heteroatoms. The molecule has 3 heterocycles. The van der Waals surface area contributed by atoms with Gasteiger partial charge in [-0.1, -0.05) is 69.3 Å². The number of benzene rings is 3. The van der Waals surface area contributed by atoms with Crippen LogP contribution in [0, 0.1) is 12.3 Å². The minimum absolute atomic E-state index is 0.00763. The number of aliphatic hydroxyl groups is 1. The number of nitrogens with zero attached hydrogens (tertiary/aromatic N) is 4. The Hall–Kier alpha value is -5.66. The van der Waals surface area contributed by atoms with Gasteiger partial charge < -0.3 is 30.5 Å². The van der Waals surface area contributed by atoms with E-state index in [0.29, 0.717) is 36.5 Å². The van der Waals surface area contributed by atoms with E-state index >= 15 is 0 Å². The summed E-state index contributed by atoms with van der Waals surface area (Å²) in [4.78, 5) is 47.7. The van der Waals surface area contributed by atoms with Crippen molar-refractivity contribution in [1.82, 2.24) is 30.7 Å². The van der Waals surface area contributed by atoms with Gasteiger partial charge in [-0.3, -0.25) is 14.4 Å². The molecule has 1 saturated heterocycles. The number of likely N-dealkylation sites (tertiary alicyclic amines) is 1. The van der Waals surface area contributed by atoms with E-state index in [-0.39, 0.29) is 43.0 Å². The van der Waals surface area contributed by atoms with Gasteiger partial charge in [0.25, 0.3) is 0 Å². The van der Waals surface area contributed by atoms with Crippen LogP contribution < -0.4 is 15.4 Å². The lowest BCUT2D eigenvalue weighted by Gasteiger charge is -2.35. The number of aromatic hydroxyl groups is 1. The highest BCUT2D eigenvalue weighted by atomic mass is 32.1. The number of phenols is 1. The molecule has 5 aromatic rings. The maximum absolute atomic E-state index is 14.0. The highest BCUT2D eigenvalue weighted by Crippen LogP contribution is 2.32. The normalized spacial score (nSPS) is 16.5. The van der Waals surface area contributed by atoms with Crippen molar-refractivity contribution in [2.24, 2.45) is 5.41 Å². The molecule has 298 valence electrons. The number of carbonyl (C=O) groups excluding carboxylic acids is 3. The zero-order valence-electron chi connectivity index (χ0n) is 32.9. The highest BCUT2D eigenvalue weighted by molar-refractivity contribution is 7.13. The molecule has 0 bridgehead atoms. The minimum atomic E-state index is -0.898. The third-order valence-corrected chi connectivity index (χ3v) is 11.1. The molecule has 57 heavy (non-hydrogen) atoms. The molecule has 0 saturated carbocycles. The van der Waals surface area contributed by atoms with Crippen LogP contribution in [0.5, 0.6) is 11.5 Å². The number of aromatic nitrogens is 3. The second-order valence-electron chi connectivity index (χ2n) is 15.6. The van der Waals surface area contributed by atoms with Crippen molar-refractivity contribution in [2.45, 2.75) is 84.5 Å². The van der Waals surface area contributed by atoms with E-state index in [0.717, 1.165) is 32.8 Å². The summed E-state index contributed by atoms with van der Waals surface area (Å²) in [5.41, 5.74) is 7.04. The number of hydrogen-bond donors (Lipinski definition) is 4. The first kappa shape index (κ1) is 41.0. The van der Waals surface area contributed by atoms with Gasteiger partial charge in [-0.2, -0.15) is 10.2 Å². The van der Waals surface area contributed by atoms with Gasteiger partial charge in [0.05, 0.1) is 46.7 Å². The Labute approximate surface area is 337 Å². The van der Waals surface area contributed by atoms with Gasteiger partial charge in [0.15, 0.2) is 0 Å². The first-order chi connectivity index (χ1) is 27.3. The van der Waals surface area contributed by atoms with E-state index in [1.54, 1.807) is 35.7 Å². The topological polar surface area (TPSA) is 167 Å². The van der Waals surface area contributed by atoms with Crippen LogP contribution in [0.3, 0.4) is 0 Å². The highest BCUT2D eigenvalue weighted by Gasteiger charge is 2.44. The van der Waals surface area contributed by atoms with Gasteiger partial charge in [-0.15, -0.1) is 11.3 Å². The minimum Gasteiger partial charge on any atom is -0.507 e. The Bertz CT molecular complexity index is 2170. The third-order valence-electron chi connectivity index (χ3n) is 10.1. The molecule has 6 rings (SSSR count). The summed E-state index contributed by atoms with van der Waals surface area (Å²) >= 11 is 1.58. The SMILES string of the molecule is Cc1ncsc1-c1ccc([C@H](C)NC(=O)[C@@H]2C[C@@H](O)CN2C(=O)C(NC(=O)CCCCOc2ccc(-c3cnnc(-c4ccccc4O)c3)cc2)C(C)(C)C)cc1. The van der Waals surface area contributed by atoms with Crippen LogP contribution >= 0.6 is 11.3 Å². The predicted octanol–water partition coefficient (Wildman–Crippen LogP) is 6.87. The van der Waals surface area contributed by atoms with Crippen molar-refractivity contribution in [1.29, 1.82) is 0 Å². The van der Waals surface area contributed by atoms with Gasteiger partial charge >= 0.3 is 0 Å². The van der Waals surface area contributed by atoms with Crippen LogP contribution in [0.2, 0.25) is 0 Å². The number of β-amino-alcohol motifs (C(OH)–C–C–N with tert-alkyl or cyclic N) is 1. The molecule has 0 spiro atoms. The molecule has 1 fully saturated rings. The van der Waals surface area contributed by atoms with Crippen molar-refractivity contribution in [3.63, 3.8) is 0 Å². The van der Waals surface area contributed by atoms with Crippen LogP contribution in [0.15, 0.2) is 90.6 Å². The largest absolute Gasteiger partial charge is 0.507 e. The molecular weight excluding hydrogens is 741 g/mol. The number of ether oxygens (including phenoxy) is 1. The van der Waals surface area contributed by atoms with E-state index in [1.165, 1.54) is 4.90 Å². The standard InChI is InChI=1S/C44H50N6O6S/c1-27(29-13-15-31(16-14-29)40-28(2)45-26-57-40)47-42(54)37-23-33(51)25-50(37)43(55)41(44(3,4)5)48-39(53)12-8-9-21-56-34-19-17-30(18-20-34)32-22-36(49-46-24-32)35-10-6-7-11-38(35)52/h6-7,10-11,13-20,22,24,26-27,33,37,41,51-52H,8-9,12,21,23,25H2,1-5H3,(H,47,54)(H,48,53)/t27-,33+,37-,41?/m0/s1. The third kappa shape index (κ3) is 10.2.